The largest absolute Gasteiger partial charge is 0.492 e. The molecule has 0 saturated carbocycles. The molecule has 28 heavy (non-hydrogen) atoms. The molecule has 144 valence electrons. The highest BCUT2D eigenvalue weighted by Gasteiger charge is 2.10. The summed E-state index contributed by atoms with van der Waals surface area (Å²) < 4.78 is 5.85. The van der Waals surface area contributed by atoms with Crippen molar-refractivity contribution in [3.05, 3.63) is 72.3 Å². The molecule has 0 radical (unpaired) electrons. The molecule has 4 nitrogen and oxygen atoms in total. The molecule has 3 aromatic carbocycles. The zero-order valence-corrected chi connectivity index (χ0v) is 16.1. The highest BCUT2D eigenvalue weighted by molar-refractivity contribution is 6.06. The van der Waals surface area contributed by atoms with Gasteiger partial charge in [0.05, 0.1) is 0 Å². The molecule has 4 heteroatoms. The van der Waals surface area contributed by atoms with Gasteiger partial charge in [0.15, 0.2) is 0 Å². The second kappa shape index (κ2) is 8.89. The molecule has 0 unspecified atom stereocenters. The van der Waals surface area contributed by atoms with Gasteiger partial charge >= 0.3 is 0 Å². The second-order valence-corrected chi connectivity index (χ2v) is 7.29. The quantitative estimate of drug-likeness (QED) is 0.663. The van der Waals surface area contributed by atoms with Gasteiger partial charge in [0.1, 0.15) is 12.4 Å². The minimum absolute atomic E-state index is 0.107. The minimum Gasteiger partial charge on any atom is -0.492 e. The summed E-state index contributed by atoms with van der Waals surface area (Å²) in [5, 5.41) is 5.15. The van der Waals surface area contributed by atoms with Gasteiger partial charge < -0.3 is 10.1 Å². The molecule has 1 amide bonds. The first-order valence-electron chi connectivity index (χ1n) is 10.0. The Balaban J connectivity index is 1.31. The molecular formula is C24H26N2O2. The van der Waals surface area contributed by atoms with Crippen LogP contribution in [0.3, 0.4) is 0 Å². The van der Waals surface area contributed by atoms with Crippen LogP contribution in [0.1, 0.15) is 29.6 Å². The number of fused-ring (bicyclic) bond motifs is 1. The molecule has 1 saturated heterocycles. The average molecular weight is 374 g/mol. The van der Waals surface area contributed by atoms with Gasteiger partial charge in [0.2, 0.25) is 0 Å². The first-order chi connectivity index (χ1) is 13.8. The van der Waals surface area contributed by atoms with E-state index in [0.717, 1.165) is 28.8 Å². The fourth-order valence-electron chi connectivity index (χ4n) is 3.64. The molecule has 4 rings (SSSR count). The maximum absolute atomic E-state index is 12.5. The van der Waals surface area contributed by atoms with Crippen LogP contribution >= 0.6 is 0 Å². The standard InChI is InChI=1S/C24H26N2O2/c27-24(21-9-8-19-6-2-3-7-20(19)18-21)25-22-10-12-23(13-11-22)28-17-16-26-14-4-1-5-15-26/h2-3,6-13,18H,1,4-5,14-17H2,(H,25,27). The zero-order valence-electron chi connectivity index (χ0n) is 16.1. The summed E-state index contributed by atoms with van der Waals surface area (Å²) in [7, 11) is 0. The third-order valence-electron chi connectivity index (χ3n) is 5.25. The van der Waals surface area contributed by atoms with Gasteiger partial charge in [-0.25, -0.2) is 0 Å². The summed E-state index contributed by atoms with van der Waals surface area (Å²) in [5.74, 6) is 0.727. The lowest BCUT2D eigenvalue weighted by Gasteiger charge is -2.26. The highest BCUT2D eigenvalue weighted by Crippen LogP contribution is 2.19. The van der Waals surface area contributed by atoms with Crippen LogP contribution in [0.5, 0.6) is 5.75 Å². The van der Waals surface area contributed by atoms with E-state index in [-0.39, 0.29) is 5.91 Å². The van der Waals surface area contributed by atoms with Gasteiger partial charge in [-0.15, -0.1) is 0 Å². The van der Waals surface area contributed by atoms with Crippen molar-refractivity contribution >= 4 is 22.4 Å². The van der Waals surface area contributed by atoms with E-state index in [1.807, 2.05) is 66.7 Å². The second-order valence-electron chi connectivity index (χ2n) is 7.29. The number of carbonyl (C=O) groups is 1. The number of piperidine rings is 1. The predicted octanol–water partition coefficient (Wildman–Crippen LogP) is 4.96. The monoisotopic (exact) mass is 374 g/mol. The van der Waals surface area contributed by atoms with Gasteiger partial charge in [-0.3, -0.25) is 9.69 Å². The van der Waals surface area contributed by atoms with Gasteiger partial charge in [0, 0.05) is 17.8 Å². The molecule has 0 aliphatic carbocycles. The van der Waals surface area contributed by atoms with Crippen molar-refractivity contribution in [1.29, 1.82) is 0 Å². The van der Waals surface area contributed by atoms with Crippen molar-refractivity contribution in [2.75, 3.05) is 31.6 Å². The lowest BCUT2D eigenvalue weighted by atomic mass is 10.1. The fraction of sp³-hybridized carbons (Fsp3) is 0.292. The Morgan fingerprint density at radius 1 is 0.893 bits per heavy atom. The van der Waals surface area contributed by atoms with Crippen LogP contribution in [0.4, 0.5) is 5.69 Å². The predicted molar refractivity (Wildman–Crippen MR) is 114 cm³/mol. The highest BCUT2D eigenvalue weighted by atomic mass is 16.5. The summed E-state index contributed by atoms with van der Waals surface area (Å²) >= 11 is 0. The van der Waals surface area contributed by atoms with Crippen LogP contribution in [0.25, 0.3) is 10.8 Å². The van der Waals surface area contributed by atoms with E-state index in [4.69, 9.17) is 4.74 Å². The first kappa shape index (κ1) is 18.5. The van der Waals surface area contributed by atoms with Crippen molar-refractivity contribution < 1.29 is 9.53 Å². The molecule has 1 aliphatic rings. The van der Waals surface area contributed by atoms with Gasteiger partial charge in [-0.05, 0) is 73.1 Å². The number of carbonyl (C=O) groups excluding carboxylic acids is 1. The number of ether oxygens (including phenoxy) is 1. The van der Waals surface area contributed by atoms with Crippen molar-refractivity contribution in [3.63, 3.8) is 0 Å². The Morgan fingerprint density at radius 2 is 1.64 bits per heavy atom. The SMILES string of the molecule is O=C(Nc1ccc(OCCN2CCCCC2)cc1)c1ccc2ccccc2c1. The third-order valence-corrected chi connectivity index (χ3v) is 5.25. The van der Waals surface area contributed by atoms with E-state index in [0.29, 0.717) is 12.2 Å². The fourth-order valence-corrected chi connectivity index (χ4v) is 3.64. The normalized spacial score (nSPS) is 14.7. The summed E-state index contributed by atoms with van der Waals surface area (Å²) in [5.41, 5.74) is 1.42. The Kier molecular flexibility index (Phi) is 5.88. The number of likely N-dealkylation sites (tertiary alicyclic amines) is 1. The smallest absolute Gasteiger partial charge is 0.255 e. The maximum atomic E-state index is 12.5. The molecule has 3 aromatic rings. The summed E-state index contributed by atoms with van der Waals surface area (Å²) in [6.45, 7) is 4.04. The number of nitrogens with one attached hydrogen (secondary N) is 1. The summed E-state index contributed by atoms with van der Waals surface area (Å²) in [6.07, 6.45) is 3.95. The van der Waals surface area contributed by atoms with Crippen molar-refractivity contribution in [1.82, 2.24) is 4.90 Å². The first-order valence-corrected chi connectivity index (χ1v) is 10.0. The third kappa shape index (κ3) is 4.70. The van der Waals surface area contributed by atoms with Crippen LogP contribution in [-0.4, -0.2) is 37.0 Å². The Hall–Kier alpha value is -2.85. The lowest BCUT2D eigenvalue weighted by molar-refractivity contribution is 0.102. The van der Waals surface area contributed by atoms with E-state index < -0.39 is 0 Å². The van der Waals surface area contributed by atoms with Crippen LogP contribution in [-0.2, 0) is 0 Å². The van der Waals surface area contributed by atoms with Gasteiger partial charge in [0.25, 0.3) is 5.91 Å². The molecule has 0 aromatic heterocycles. The Bertz CT molecular complexity index is 931. The number of anilines is 1. The zero-order chi connectivity index (χ0) is 19.2. The van der Waals surface area contributed by atoms with E-state index in [1.165, 1.54) is 32.4 Å². The van der Waals surface area contributed by atoms with Crippen LogP contribution in [0.2, 0.25) is 0 Å². The van der Waals surface area contributed by atoms with Gasteiger partial charge in [-0.1, -0.05) is 36.8 Å². The Morgan fingerprint density at radius 3 is 2.43 bits per heavy atom. The maximum Gasteiger partial charge on any atom is 0.255 e. The number of benzene rings is 3. The number of rotatable bonds is 6. The van der Waals surface area contributed by atoms with E-state index >= 15 is 0 Å². The molecule has 0 spiro atoms. The van der Waals surface area contributed by atoms with Gasteiger partial charge in [-0.2, -0.15) is 0 Å². The van der Waals surface area contributed by atoms with Crippen molar-refractivity contribution in [3.8, 4) is 5.75 Å². The molecule has 1 aliphatic heterocycles. The topological polar surface area (TPSA) is 41.6 Å². The minimum atomic E-state index is -0.107. The summed E-state index contributed by atoms with van der Waals surface area (Å²) in [4.78, 5) is 15.0. The van der Waals surface area contributed by atoms with Crippen LogP contribution in [0.15, 0.2) is 66.7 Å². The number of nitrogens with zero attached hydrogens (tertiary/aromatic N) is 1. The molecular weight excluding hydrogens is 348 g/mol. The molecule has 1 N–H and O–H groups in total. The molecule has 1 heterocycles. The van der Waals surface area contributed by atoms with Crippen molar-refractivity contribution in [2.45, 2.75) is 19.3 Å². The molecule has 0 bridgehead atoms. The van der Waals surface area contributed by atoms with Crippen LogP contribution < -0.4 is 10.1 Å². The van der Waals surface area contributed by atoms with Crippen LogP contribution in [0, 0.1) is 0 Å². The van der Waals surface area contributed by atoms with Crippen molar-refractivity contribution in [2.24, 2.45) is 0 Å². The Labute approximate surface area is 166 Å². The number of hydrogen-bond acceptors (Lipinski definition) is 3. The molecule has 0 atom stereocenters. The lowest BCUT2D eigenvalue weighted by Crippen LogP contribution is -2.33. The average Bonchev–Trinajstić information content (AvgIpc) is 2.75. The molecule has 1 fully saturated rings. The van der Waals surface area contributed by atoms with E-state index in [1.54, 1.807) is 0 Å². The van der Waals surface area contributed by atoms with E-state index in [2.05, 4.69) is 10.2 Å². The number of hydrogen-bond donors (Lipinski definition) is 1. The summed E-state index contributed by atoms with van der Waals surface area (Å²) in [6, 6.07) is 21.4. The van der Waals surface area contributed by atoms with E-state index in [9.17, 15) is 4.79 Å². The number of amides is 1.